The number of aryl methyl sites for hydroxylation is 1. The summed E-state index contributed by atoms with van der Waals surface area (Å²) in [4.78, 5) is 13.2. The van der Waals surface area contributed by atoms with Gasteiger partial charge in [0.05, 0.1) is 28.2 Å². The van der Waals surface area contributed by atoms with E-state index in [2.05, 4.69) is 22.1 Å². The van der Waals surface area contributed by atoms with Crippen LogP contribution in [0.4, 0.5) is 5.69 Å². The first-order chi connectivity index (χ1) is 15.0. The van der Waals surface area contributed by atoms with Gasteiger partial charge in [-0.2, -0.15) is 10.1 Å². The van der Waals surface area contributed by atoms with Crippen LogP contribution in [0, 0.1) is 6.92 Å². The van der Waals surface area contributed by atoms with Crippen LogP contribution in [0.25, 0.3) is 11.8 Å². The van der Waals surface area contributed by atoms with Crippen LogP contribution >= 0.6 is 0 Å². The first-order valence-corrected chi connectivity index (χ1v) is 9.88. The number of benzene rings is 2. The van der Waals surface area contributed by atoms with Crippen molar-refractivity contribution >= 4 is 23.5 Å². The van der Waals surface area contributed by atoms with Crippen molar-refractivity contribution in [3.8, 4) is 11.6 Å². The lowest BCUT2D eigenvalue weighted by molar-refractivity contribution is -0.114. The molecule has 7 nitrogen and oxygen atoms in total. The number of amidine groups is 1. The number of hydrogen-bond donors (Lipinski definition) is 2. The lowest BCUT2D eigenvalue weighted by Gasteiger charge is -2.10. The highest BCUT2D eigenvalue weighted by Crippen LogP contribution is 2.30. The topological polar surface area (TPSA) is 82.8 Å². The van der Waals surface area contributed by atoms with Crippen LogP contribution in [-0.2, 0) is 4.79 Å². The molecule has 156 valence electrons. The van der Waals surface area contributed by atoms with Crippen molar-refractivity contribution in [2.24, 2.45) is 5.10 Å². The molecule has 31 heavy (non-hydrogen) atoms. The predicted octanol–water partition coefficient (Wildman–Crippen LogP) is 3.80. The summed E-state index contributed by atoms with van der Waals surface area (Å²) in [5.74, 6) is 0.0891. The molecule has 0 saturated heterocycles. The Labute approximate surface area is 180 Å². The number of anilines is 1. The third-order valence-corrected chi connectivity index (χ3v) is 4.81. The Morgan fingerprint density at radius 2 is 1.71 bits per heavy atom. The normalized spacial score (nSPS) is 14.8. The van der Waals surface area contributed by atoms with Gasteiger partial charge in [-0.3, -0.25) is 4.79 Å². The number of nitrogens with zero attached hydrogens (tertiary/aromatic N) is 4. The SMILES string of the molecule is C=C(C)CNC1=NN(c2ccccc2)C(=O)/C1=C/c1c(C)nn(-c2ccccc2)c1O. The van der Waals surface area contributed by atoms with E-state index >= 15 is 0 Å². The van der Waals surface area contributed by atoms with Crippen LogP contribution < -0.4 is 10.3 Å². The van der Waals surface area contributed by atoms with E-state index < -0.39 is 0 Å². The van der Waals surface area contributed by atoms with E-state index in [0.717, 1.165) is 11.3 Å². The molecule has 3 aromatic rings. The smallest absolute Gasteiger partial charge is 0.282 e. The number of carbonyl (C=O) groups is 1. The molecule has 1 aliphatic rings. The van der Waals surface area contributed by atoms with E-state index in [4.69, 9.17) is 0 Å². The van der Waals surface area contributed by atoms with E-state index in [1.807, 2.05) is 67.6 Å². The fourth-order valence-corrected chi connectivity index (χ4v) is 3.24. The van der Waals surface area contributed by atoms with Crippen LogP contribution in [-0.4, -0.2) is 33.2 Å². The van der Waals surface area contributed by atoms with Gasteiger partial charge in [0.25, 0.3) is 5.91 Å². The third-order valence-electron chi connectivity index (χ3n) is 4.81. The molecule has 4 rings (SSSR count). The first kappa shape index (κ1) is 20.2. The number of aromatic hydroxyl groups is 1. The molecule has 2 aromatic carbocycles. The van der Waals surface area contributed by atoms with Crippen molar-refractivity contribution in [1.29, 1.82) is 0 Å². The second kappa shape index (κ2) is 8.31. The van der Waals surface area contributed by atoms with Crippen molar-refractivity contribution in [2.45, 2.75) is 13.8 Å². The summed E-state index contributed by atoms with van der Waals surface area (Å²) in [6, 6.07) is 18.5. The number of para-hydroxylation sites is 2. The third kappa shape index (κ3) is 3.98. The summed E-state index contributed by atoms with van der Waals surface area (Å²) in [6.45, 7) is 8.05. The van der Waals surface area contributed by atoms with Gasteiger partial charge in [0.15, 0.2) is 5.84 Å². The van der Waals surface area contributed by atoms with Crippen molar-refractivity contribution in [1.82, 2.24) is 15.1 Å². The van der Waals surface area contributed by atoms with Crippen LogP contribution in [0.2, 0.25) is 0 Å². The maximum Gasteiger partial charge on any atom is 0.282 e. The molecule has 1 aliphatic heterocycles. The quantitative estimate of drug-likeness (QED) is 0.492. The van der Waals surface area contributed by atoms with E-state index in [1.165, 1.54) is 9.69 Å². The molecule has 1 amide bonds. The second-order valence-electron chi connectivity index (χ2n) is 7.34. The van der Waals surface area contributed by atoms with Crippen LogP contribution in [0.15, 0.2) is 83.5 Å². The molecular weight excluding hydrogens is 390 g/mol. The van der Waals surface area contributed by atoms with Gasteiger partial charge >= 0.3 is 0 Å². The van der Waals surface area contributed by atoms with Crippen molar-refractivity contribution < 1.29 is 9.90 Å². The molecule has 0 saturated carbocycles. The Hall–Kier alpha value is -4.13. The Kier molecular flexibility index (Phi) is 5.41. The molecule has 0 spiro atoms. The zero-order valence-electron chi connectivity index (χ0n) is 17.4. The zero-order chi connectivity index (χ0) is 22.0. The summed E-state index contributed by atoms with van der Waals surface area (Å²) < 4.78 is 1.45. The van der Waals surface area contributed by atoms with E-state index in [9.17, 15) is 9.90 Å². The highest BCUT2D eigenvalue weighted by atomic mass is 16.3. The molecule has 0 bridgehead atoms. The van der Waals surface area contributed by atoms with Crippen molar-refractivity contribution in [3.05, 3.63) is 89.6 Å². The molecule has 0 aliphatic carbocycles. The number of aromatic nitrogens is 2. The van der Waals surface area contributed by atoms with Gasteiger partial charge in [0, 0.05) is 6.54 Å². The van der Waals surface area contributed by atoms with Gasteiger partial charge in [0.2, 0.25) is 5.88 Å². The Morgan fingerprint density at radius 3 is 2.32 bits per heavy atom. The standard InChI is InChI=1S/C24H23N5O2/c1-16(2)15-25-22-21(24(31)29(27-22)19-12-8-5-9-13-19)14-20-17(3)26-28(23(20)30)18-10-6-4-7-11-18/h4-14,30H,1,15H2,2-3H3,(H,25,27)/b21-14+. The maximum absolute atomic E-state index is 13.2. The molecule has 0 unspecified atom stereocenters. The first-order valence-electron chi connectivity index (χ1n) is 9.88. The number of nitrogens with one attached hydrogen (secondary N) is 1. The minimum Gasteiger partial charge on any atom is -0.493 e. The fraction of sp³-hybridized carbons (Fsp3) is 0.125. The minimum atomic E-state index is -0.290. The molecule has 1 aromatic heterocycles. The van der Waals surface area contributed by atoms with Crippen LogP contribution in [0.1, 0.15) is 18.2 Å². The van der Waals surface area contributed by atoms with Gasteiger partial charge < -0.3 is 10.4 Å². The Morgan fingerprint density at radius 1 is 1.10 bits per heavy atom. The number of rotatable bonds is 5. The zero-order valence-corrected chi connectivity index (χ0v) is 17.4. The number of amides is 1. The maximum atomic E-state index is 13.2. The Bertz CT molecular complexity index is 1190. The van der Waals surface area contributed by atoms with Gasteiger partial charge in [-0.1, -0.05) is 48.6 Å². The number of hydrazone groups is 1. The number of carbonyl (C=O) groups excluding carboxylic acids is 1. The summed E-state index contributed by atoms with van der Waals surface area (Å²) >= 11 is 0. The fourth-order valence-electron chi connectivity index (χ4n) is 3.24. The van der Waals surface area contributed by atoms with Gasteiger partial charge in [0.1, 0.15) is 0 Å². The predicted molar refractivity (Wildman–Crippen MR) is 122 cm³/mol. The van der Waals surface area contributed by atoms with E-state index in [0.29, 0.717) is 34.9 Å². The van der Waals surface area contributed by atoms with Crippen LogP contribution in [0.3, 0.4) is 0 Å². The van der Waals surface area contributed by atoms with Crippen molar-refractivity contribution in [3.63, 3.8) is 0 Å². The lowest BCUT2D eigenvalue weighted by Crippen LogP contribution is -2.26. The monoisotopic (exact) mass is 413 g/mol. The minimum absolute atomic E-state index is 0.0404. The molecule has 0 fully saturated rings. The molecular formula is C24H23N5O2. The Balaban J connectivity index is 1.76. The average Bonchev–Trinajstić information content (AvgIpc) is 3.24. The molecule has 7 heteroatoms. The summed E-state index contributed by atoms with van der Waals surface area (Å²) in [5.41, 5.74) is 3.70. The van der Waals surface area contributed by atoms with Gasteiger partial charge in [-0.25, -0.2) is 4.68 Å². The van der Waals surface area contributed by atoms with Crippen LogP contribution in [0.5, 0.6) is 5.88 Å². The highest BCUT2D eigenvalue weighted by molar-refractivity contribution is 6.32. The largest absolute Gasteiger partial charge is 0.493 e. The molecule has 2 N–H and O–H groups in total. The van der Waals surface area contributed by atoms with E-state index in [1.54, 1.807) is 13.0 Å². The van der Waals surface area contributed by atoms with E-state index in [-0.39, 0.29) is 11.8 Å². The lowest BCUT2D eigenvalue weighted by atomic mass is 10.1. The summed E-state index contributed by atoms with van der Waals surface area (Å²) in [7, 11) is 0. The van der Waals surface area contributed by atoms with Crippen molar-refractivity contribution in [2.75, 3.05) is 11.6 Å². The summed E-state index contributed by atoms with van der Waals surface area (Å²) in [5, 5.41) is 24.3. The highest BCUT2D eigenvalue weighted by Gasteiger charge is 2.32. The summed E-state index contributed by atoms with van der Waals surface area (Å²) in [6.07, 6.45) is 1.63. The molecule has 0 atom stereocenters. The van der Waals surface area contributed by atoms with Gasteiger partial charge in [-0.15, -0.1) is 5.10 Å². The molecule has 2 heterocycles. The van der Waals surface area contributed by atoms with Gasteiger partial charge in [-0.05, 0) is 44.2 Å². The average molecular weight is 413 g/mol. The molecule has 0 radical (unpaired) electrons. The second-order valence-corrected chi connectivity index (χ2v) is 7.34. The number of hydrogen-bond acceptors (Lipinski definition) is 5.